The summed E-state index contributed by atoms with van der Waals surface area (Å²) in [6.45, 7) is 6.78. The number of halogens is 1. The first-order valence-corrected chi connectivity index (χ1v) is 9.27. The van der Waals surface area contributed by atoms with Crippen molar-refractivity contribution in [1.82, 2.24) is 14.8 Å². The Balaban J connectivity index is 1.80. The van der Waals surface area contributed by atoms with Gasteiger partial charge in [-0.05, 0) is 76.5 Å². The Morgan fingerprint density at radius 3 is 2.44 bits per heavy atom. The first kappa shape index (κ1) is 18.0. The van der Waals surface area contributed by atoms with E-state index in [0.717, 1.165) is 55.1 Å². The van der Waals surface area contributed by atoms with Crippen molar-refractivity contribution in [2.45, 2.75) is 26.7 Å². The van der Waals surface area contributed by atoms with Crippen LogP contribution in [0.2, 0.25) is 5.02 Å². The number of carbonyl (C=O) groups is 1. The molecule has 0 aliphatic carbocycles. The quantitative estimate of drug-likeness (QED) is 0.901. The second-order valence-corrected chi connectivity index (χ2v) is 7.33. The maximum atomic E-state index is 13.0. The van der Waals surface area contributed by atoms with Gasteiger partial charge < -0.3 is 14.8 Å². The zero-order chi connectivity index (χ0) is 18.0. The maximum absolute atomic E-state index is 13.0. The van der Waals surface area contributed by atoms with Crippen molar-refractivity contribution in [3.8, 4) is 5.69 Å². The Morgan fingerprint density at radius 2 is 1.84 bits per heavy atom. The molecule has 1 aliphatic heterocycles. The molecule has 1 saturated heterocycles. The van der Waals surface area contributed by atoms with Gasteiger partial charge in [-0.1, -0.05) is 11.6 Å². The van der Waals surface area contributed by atoms with Gasteiger partial charge in [-0.15, -0.1) is 0 Å². The number of amides is 1. The van der Waals surface area contributed by atoms with Gasteiger partial charge in [0, 0.05) is 35.2 Å². The van der Waals surface area contributed by atoms with Crippen LogP contribution in [0, 0.1) is 19.8 Å². The number of piperidine rings is 1. The molecule has 1 aromatic heterocycles. The number of benzene rings is 1. The van der Waals surface area contributed by atoms with Crippen LogP contribution >= 0.6 is 11.6 Å². The van der Waals surface area contributed by atoms with Crippen LogP contribution in [0.3, 0.4) is 0 Å². The van der Waals surface area contributed by atoms with Crippen molar-refractivity contribution in [3.05, 3.63) is 52.3 Å². The SMILES string of the molecule is CNCC1CCN(C(=O)c2cc(C)n(-c3ccc(Cl)cc3)c2C)CC1. The van der Waals surface area contributed by atoms with Crippen molar-refractivity contribution in [2.24, 2.45) is 5.92 Å². The molecular formula is C20H26ClN3O. The lowest BCUT2D eigenvalue weighted by Crippen LogP contribution is -2.40. The summed E-state index contributed by atoms with van der Waals surface area (Å²) < 4.78 is 2.12. The minimum absolute atomic E-state index is 0.149. The van der Waals surface area contributed by atoms with Crippen LogP contribution in [0.5, 0.6) is 0 Å². The van der Waals surface area contributed by atoms with E-state index < -0.39 is 0 Å². The molecular weight excluding hydrogens is 334 g/mol. The number of nitrogens with zero attached hydrogens (tertiary/aromatic N) is 2. The number of hydrogen-bond acceptors (Lipinski definition) is 2. The Hall–Kier alpha value is -1.78. The molecule has 1 fully saturated rings. The molecule has 0 spiro atoms. The Morgan fingerprint density at radius 1 is 1.20 bits per heavy atom. The molecule has 2 heterocycles. The van der Waals surface area contributed by atoms with Gasteiger partial charge >= 0.3 is 0 Å². The fourth-order valence-electron chi connectivity index (χ4n) is 3.77. The van der Waals surface area contributed by atoms with E-state index in [1.165, 1.54) is 0 Å². The second kappa shape index (κ2) is 7.63. The first-order valence-electron chi connectivity index (χ1n) is 8.90. The van der Waals surface area contributed by atoms with Crippen LogP contribution in [-0.2, 0) is 0 Å². The predicted molar refractivity (Wildman–Crippen MR) is 103 cm³/mol. The summed E-state index contributed by atoms with van der Waals surface area (Å²) in [5.74, 6) is 0.826. The predicted octanol–water partition coefficient (Wildman–Crippen LogP) is 3.82. The van der Waals surface area contributed by atoms with Gasteiger partial charge in [0.1, 0.15) is 0 Å². The zero-order valence-electron chi connectivity index (χ0n) is 15.2. The molecule has 1 aliphatic rings. The Kier molecular flexibility index (Phi) is 5.50. The number of hydrogen-bond donors (Lipinski definition) is 1. The van der Waals surface area contributed by atoms with Crippen LogP contribution in [0.4, 0.5) is 0 Å². The van der Waals surface area contributed by atoms with E-state index in [4.69, 9.17) is 11.6 Å². The fraction of sp³-hybridized carbons (Fsp3) is 0.450. The third kappa shape index (κ3) is 3.75. The molecule has 3 rings (SSSR count). The monoisotopic (exact) mass is 359 g/mol. The van der Waals surface area contributed by atoms with Crippen LogP contribution in [-0.4, -0.2) is 42.1 Å². The van der Waals surface area contributed by atoms with Crippen LogP contribution in [0.15, 0.2) is 30.3 Å². The summed E-state index contributed by atoms with van der Waals surface area (Å²) in [6.07, 6.45) is 2.14. The second-order valence-electron chi connectivity index (χ2n) is 6.89. The summed E-state index contributed by atoms with van der Waals surface area (Å²) in [5, 5.41) is 3.95. The van der Waals surface area contributed by atoms with E-state index in [1.807, 2.05) is 56.1 Å². The van der Waals surface area contributed by atoms with Gasteiger partial charge in [0.25, 0.3) is 5.91 Å². The maximum Gasteiger partial charge on any atom is 0.255 e. The standard InChI is InChI=1S/C20H26ClN3O/c1-14-12-19(15(2)24(14)18-6-4-17(21)5-7-18)20(25)23-10-8-16(9-11-23)13-22-3/h4-7,12,16,22H,8-11,13H2,1-3H3. The molecule has 0 unspecified atom stereocenters. The van der Waals surface area contributed by atoms with Gasteiger partial charge in [0.05, 0.1) is 5.56 Å². The van der Waals surface area contributed by atoms with E-state index >= 15 is 0 Å². The number of aromatic nitrogens is 1. The minimum atomic E-state index is 0.149. The van der Waals surface area contributed by atoms with Gasteiger partial charge in [-0.25, -0.2) is 0 Å². The molecule has 1 amide bonds. The number of likely N-dealkylation sites (tertiary alicyclic amines) is 1. The highest BCUT2D eigenvalue weighted by molar-refractivity contribution is 6.30. The van der Waals surface area contributed by atoms with E-state index in [1.54, 1.807) is 0 Å². The highest BCUT2D eigenvalue weighted by Crippen LogP contribution is 2.25. The van der Waals surface area contributed by atoms with Crippen molar-refractivity contribution >= 4 is 17.5 Å². The fourth-order valence-corrected chi connectivity index (χ4v) is 3.89. The molecule has 0 saturated carbocycles. The lowest BCUT2D eigenvalue weighted by Gasteiger charge is -2.32. The van der Waals surface area contributed by atoms with Gasteiger partial charge in [-0.2, -0.15) is 0 Å². The summed E-state index contributed by atoms with van der Waals surface area (Å²) >= 11 is 6.00. The van der Waals surface area contributed by atoms with Crippen LogP contribution in [0.1, 0.15) is 34.6 Å². The topological polar surface area (TPSA) is 37.3 Å². The normalized spacial score (nSPS) is 15.6. The molecule has 25 heavy (non-hydrogen) atoms. The lowest BCUT2D eigenvalue weighted by molar-refractivity contribution is 0.0690. The van der Waals surface area contributed by atoms with Crippen molar-refractivity contribution < 1.29 is 4.79 Å². The Bertz CT molecular complexity index is 743. The van der Waals surface area contributed by atoms with Gasteiger partial charge in [0.2, 0.25) is 0 Å². The summed E-state index contributed by atoms with van der Waals surface area (Å²) in [6, 6.07) is 9.74. The molecule has 0 radical (unpaired) electrons. The van der Waals surface area contributed by atoms with Gasteiger partial charge in [-0.3, -0.25) is 4.79 Å². The largest absolute Gasteiger partial charge is 0.339 e. The molecule has 1 aromatic carbocycles. The molecule has 0 atom stereocenters. The summed E-state index contributed by atoms with van der Waals surface area (Å²) in [4.78, 5) is 15.0. The van der Waals surface area contributed by atoms with E-state index in [2.05, 4.69) is 9.88 Å². The summed E-state index contributed by atoms with van der Waals surface area (Å²) in [5.41, 5.74) is 3.89. The smallest absolute Gasteiger partial charge is 0.255 e. The number of rotatable bonds is 4. The minimum Gasteiger partial charge on any atom is -0.339 e. The number of aryl methyl sites for hydroxylation is 1. The first-order chi connectivity index (χ1) is 12.0. The highest BCUT2D eigenvalue weighted by atomic mass is 35.5. The highest BCUT2D eigenvalue weighted by Gasteiger charge is 2.26. The van der Waals surface area contributed by atoms with Crippen molar-refractivity contribution in [2.75, 3.05) is 26.7 Å². The number of nitrogens with one attached hydrogen (secondary N) is 1. The van der Waals surface area contributed by atoms with Crippen molar-refractivity contribution in [3.63, 3.8) is 0 Å². The summed E-state index contributed by atoms with van der Waals surface area (Å²) in [7, 11) is 1.99. The third-order valence-electron chi connectivity index (χ3n) is 5.14. The average molecular weight is 360 g/mol. The van der Waals surface area contributed by atoms with Crippen molar-refractivity contribution in [1.29, 1.82) is 0 Å². The van der Waals surface area contributed by atoms with E-state index in [0.29, 0.717) is 10.9 Å². The molecule has 4 nitrogen and oxygen atoms in total. The van der Waals surface area contributed by atoms with Crippen LogP contribution < -0.4 is 5.32 Å². The molecule has 1 N–H and O–H groups in total. The lowest BCUT2D eigenvalue weighted by atomic mass is 9.96. The van der Waals surface area contributed by atoms with E-state index in [-0.39, 0.29) is 5.91 Å². The molecule has 134 valence electrons. The van der Waals surface area contributed by atoms with Crippen LogP contribution in [0.25, 0.3) is 5.69 Å². The van der Waals surface area contributed by atoms with Gasteiger partial charge in [0.15, 0.2) is 0 Å². The average Bonchev–Trinajstić information content (AvgIpc) is 2.91. The molecule has 2 aromatic rings. The van der Waals surface area contributed by atoms with E-state index in [9.17, 15) is 4.79 Å². The molecule has 5 heteroatoms. The third-order valence-corrected chi connectivity index (χ3v) is 5.39. The zero-order valence-corrected chi connectivity index (χ0v) is 15.9. The molecule has 0 bridgehead atoms. The Labute approximate surface area is 154 Å². The number of carbonyl (C=O) groups excluding carboxylic acids is 1.